The molecule has 2 amide bonds. The number of nitrogens with one attached hydrogen (secondary N) is 2. The number of anilines is 1. The van der Waals surface area contributed by atoms with Gasteiger partial charge in [-0.05, 0) is 74.1 Å². The average molecular weight is 736 g/mol. The van der Waals surface area contributed by atoms with Gasteiger partial charge in [-0.2, -0.15) is 8.78 Å². The van der Waals surface area contributed by atoms with Gasteiger partial charge in [0, 0.05) is 44.0 Å². The van der Waals surface area contributed by atoms with Crippen LogP contribution < -0.4 is 24.8 Å². The normalized spacial score (nSPS) is 18.0. The van der Waals surface area contributed by atoms with Crippen LogP contribution in [0.1, 0.15) is 60.7 Å². The Hall–Kier alpha value is -4.20. The smallest absolute Gasteiger partial charge is 0.387 e. The van der Waals surface area contributed by atoms with Crippen molar-refractivity contribution in [1.82, 2.24) is 15.2 Å². The fourth-order valence-corrected chi connectivity index (χ4v) is 6.02. The van der Waals surface area contributed by atoms with E-state index in [2.05, 4.69) is 20.4 Å². The number of hydrogen-bond donors (Lipinski definition) is 2. The van der Waals surface area contributed by atoms with Crippen molar-refractivity contribution in [1.29, 1.82) is 0 Å². The molecule has 1 aromatic heterocycles. The van der Waals surface area contributed by atoms with Gasteiger partial charge in [-0.3, -0.25) is 14.6 Å². The third kappa shape index (κ3) is 9.73. The molecule has 50 heavy (non-hydrogen) atoms. The number of carbonyl (C=O) groups is 3. The van der Waals surface area contributed by atoms with Crippen LogP contribution in [0.25, 0.3) is 0 Å². The summed E-state index contributed by atoms with van der Waals surface area (Å²) in [6.45, 7) is 2.20. The lowest BCUT2D eigenvalue weighted by Crippen LogP contribution is -2.56. The van der Waals surface area contributed by atoms with Gasteiger partial charge in [0.05, 0.1) is 35.0 Å². The van der Waals surface area contributed by atoms with E-state index in [1.807, 2.05) is 13.8 Å². The molecule has 1 saturated heterocycles. The lowest BCUT2D eigenvalue weighted by molar-refractivity contribution is -0.137. The zero-order chi connectivity index (χ0) is 35.9. The summed E-state index contributed by atoms with van der Waals surface area (Å²) in [5, 5.41) is 6.44. The number of ether oxygens (including phenoxy) is 4. The molecule has 0 spiro atoms. The molecule has 2 N–H and O–H groups in total. The highest BCUT2D eigenvalue weighted by molar-refractivity contribution is 6.35. The highest BCUT2D eigenvalue weighted by Crippen LogP contribution is 2.38. The highest BCUT2D eigenvalue weighted by atomic mass is 35.5. The van der Waals surface area contributed by atoms with Crippen LogP contribution in [0.15, 0.2) is 48.8 Å². The standard InChI is InChI=1S/C35H38Cl2F2N4O7/c1-19-17-43(20(2)14-41-19)33(45)13-32(44)42-27-10-23(7-8-28(27)47-3)34(46)49-30(12-24-25(36)15-40-16-26(24)37)22-6-9-29(50-35(38)39)31(11-22)48-18-21-4-5-21/h6-11,15-16,19-21,30,35,41H,4-5,12-14,17-18H2,1-3H3,(H,42,44)/t19-,20+,30+/m1/s1. The largest absolute Gasteiger partial charge is 0.495 e. The first kappa shape index (κ1) is 37.1. The van der Waals surface area contributed by atoms with Gasteiger partial charge < -0.3 is 34.5 Å². The Morgan fingerprint density at radius 1 is 1.04 bits per heavy atom. The molecule has 15 heteroatoms. The number of aromatic nitrogens is 1. The van der Waals surface area contributed by atoms with Gasteiger partial charge in [-0.25, -0.2) is 4.79 Å². The molecular formula is C35H38Cl2F2N4O7. The zero-order valence-corrected chi connectivity index (χ0v) is 29.2. The number of esters is 1. The van der Waals surface area contributed by atoms with Gasteiger partial charge in [0.1, 0.15) is 18.3 Å². The third-order valence-electron chi connectivity index (χ3n) is 8.42. The summed E-state index contributed by atoms with van der Waals surface area (Å²) in [6, 6.07) is 8.64. The van der Waals surface area contributed by atoms with Gasteiger partial charge in [-0.1, -0.05) is 29.3 Å². The summed E-state index contributed by atoms with van der Waals surface area (Å²) >= 11 is 12.8. The predicted molar refractivity (Wildman–Crippen MR) is 182 cm³/mol. The van der Waals surface area contributed by atoms with E-state index in [4.69, 9.17) is 37.4 Å². The first-order valence-electron chi connectivity index (χ1n) is 16.1. The van der Waals surface area contributed by atoms with Crippen molar-refractivity contribution in [3.05, 3.63) is 75.5 Å². The van der Waals surface area contributed by atoms with Crippen molar-refractivity contribution in [2.45, 2.75) is 64.3 Å². The summed E-state index contributed by atoms with van der Waals surface area (Å²) in [7, 11) is 1.40. The van der Waals surface area contributed by atoms with Crippen molar-refractivity contribution in [3.63, 3.8) is 0 Å². The van der Waals surface area contributed by atoms with E-state index in [1.165, 1.54) is 55.9 Å². The number of piperazine rings is 1. The van der Waals surface area contributed by atoms with Crippen LogP contribution in [0.5, 0.6) is 17.2 Å². The van der Waals surface area contributed by atoms with Crippen LogP contribution in [0.4, 0.5) is 14.5 Å². The molecule has 2 aliphatic rings. The second-order valence-electron chi connectivity index (χ2n) is 12.4. The first-order valence-corrected chi connectivity index (χ1v) is 16.9. The Kier molecular flexibility index (Phi) is 12.4. The summed E-state index contributed by atoms with van der Waals surface area (Å²) < 4.78 is 48.4. The molecule has 2 aromatic carbocycles. The van der Waals surface area contributed by atoms with Crippen LogP contribution in [-0.4, -0.2) is 73.2 Å². The number of alkyl halides is 2. The molecule has 268 valence electrons. The molecule has 1 aliphatic heterocycles. The molecule has 0 radical (unpaired) electrons. The number of methoxy groups -OCH3 is 1. The minimum absolute atomic E-state index is 0.00599. The van der Waals surface area contributed by atoms with Crippen LogP contribution in [0, 0.1) is 5.92 Å². The fourth-order valence-electron chi connectivity index (χ4n) is 5.50. The van der Waals surface area contributed by atoms with Gasteiger partial charge in [0.25, 0.3) is 0 Å². The van der Waals surface area contributed by atoms with E-state index in [0.717, 1.165) is 12.8 Å². The van der Waals surface area contributed by atoms with E-state index in [0.29, 0.717) is 36.7 Å². The Bertz CT molecular complexity index is 1690. The predicted octanol–water partition coefficient (Wildman–Crippen LogP) is 6.47. The molecule has 1 saturated carbocycles. The molecule has 5 rings (SSSR count). The number of carbonyl (C=O) groups excluding carboxylic acids is 3. The second kappa shape index (κ2) is 16.7. The average Bonchev–Trinajstić information content (AvgIpc) is 3.91. The monoisotopic (exact) mass is 734 g/mol. The Morgan fingerprint density at radius 2 is 1.76 bits per heavy atom. The molecule has 3 aromatic rings. The quantitative estimate of drug-likeness (QED) is 0.142. The highest BCUT2D eigenvalue weighted by Gasteiger charge is 2.29. The van der Waals surface area contributed by atoms with Crippen molar-refractivity contribution < 1.29 is 42.1 Å². The van der Waals surface area contributed by atoms with E-state index in [1.54, 1.807) is 4.90 Å². The Balaban J connectivity index is 1.39. The molecular weight excluding hydrogens is 697 g/mol. The van der Waals surface area contributed by atoms with Gasteiger partial charge in [0.15, 0.2) is 11.5 Å². The first-order chi connectivity index (χ1) is 23.9. The molecule has 3 atom stereocenters. The summed E-state index contributed by atoms with van der Waals surface area (Å²) in [6.07, 6.45) is 3.30. The molecule has 0 bridgehead atoms. The Morgan fingerprint density at radius 3 is 2.44 bits per heavy atom. The van der Waals surface area contributed by atoms with Gasteiger partial charge >= 0.3 is 12.6 Å². The van der Waals surface area contributed by atoms with Gasteiger partial charge in [-0.15, -0.1) is 0 Å². The lowest BCUT2D eigenvalue weighted by atomic mass is 10.0. The van der Waals surface area contributed by atoms with E-state index in [9.17, 15) is 23.2 Å². The number of hydrogen-bond acceptors (Lipinski definition) is 9. The maximum Gasteiger partial charge on any atom is 0.387 e. The van der Waals surface area contributed by atoms with Crippen LogP contribution in [0.3, 0.4) is 0 Å². The van der Waals surface area contributed by atoms with Gasteiger partial charge in [0.2, 0.25) is 11.8 Å². The van der Waals surface area contributed by atoms with Crippen molar-refractivity contribution in [3.8, 4) is 17.2 Å². The van der Waals surface area contributed by atoms with Crippen LogP contribution in [-0.2, 0) is 20.7 Å². The molecule has 2 heterocycles. The number of nitrogens with zero attached hydrogens (tertiary/aromatic N) is 2. The SMILES string of the molecule is COc1ccc(C(=O)O[C@@H](Cc2c(Cl)cncc2Cl)c2ccc(OC(F)F)c(OCC3CC3)c2)cc1NC(=O)CC(=O)N1C[C@@H](C)NC[C@@H]1C. The zero-order valence-electron chi connectivity index (χ0n) is 27.7. The van der Waals surface area contributed by atoms with Crippen LogP contribution >= 0.6 is 23.2 Å². The van der Waals surface area contributed by atoms with Crippen molar-refractivity contribution in [2.75, 3.05) is 32.1 Å². The summed E-state index contributed by atoms with van der Waals surface area (Å²) in [5.74, 6) is -1.21. The van der Waals surface area contributed by atoms with E-state index >= 15 is 0 Å². The number of benzene rings is 2. The second-order valence-corrected chi connectivity index (χ2v) is 13.2. The summed E-state index contributed by atoms with van der Waals surface area (Å²) in [5.41, 5.74) is 1.04. The lowest BCUT2D eigenvalue weighted by Gasteiger charge is -2.37. The van der Waals surface area contributed by atoms with Crippen molar-refractivity contribution in [2.24, 2.45) is 5.92 Å². The minimum atomic E-state index is -3.08. The molecule has 0 unspecified atom stereocenters. The summed E-state index contributed by atoms with van der Waals surface area (Å²) in [4.78, 5) is 45.4. The molecule has 1 aliphatic carbocycles. The maximum absolute atomic E-state index is 13.7. The number of halogens is 4. The number of rotatable bonds is 14. The van der Waals surface area contributed by atoms with Crippen molar-refractivity contribution >= 4 is 46.7 Å². The number of pyridine rings is 1. The topological polar surface area (TPSA) is 128 Å². The molecule has 2 fully saturated rings. The number of amides is 2. The Labute approximate surface area is 298 Å². The minimum Gasteiger partial charge on any atom is -0.495 e. The van der Waals surface area contributed by atoms with E-state index in [-0.39, 0.29) is 63.0 Å². The molecule has 11 nitrogen and oxygen atoms in total. The fraction of sp³-hybridized carbons (Fsp3) is 0.429. The third-order valence-corrected chi connectivity index (χ3v) is 9.08. The maximum atomic E-state index is 13.7. The van der Waals surface area contributed by atoms with Crippen LogP contribution in [0.2, 0.25) is 10.0 Å². The van der Waals surface area contributed by atoms with E-state index < -0.39 is 31.0 Å².